The molecule has 4 rings (SSSR count). The number of carbonyl (C=O) groups is 3. The van der Waals surface area contributed by atoms with Crippen molar-refractivity contribution in [1.82, 2.24) is 4.98 Å². The monoisotopic (exact) mass is 522 g/mol. The van der Waals surface area contributed by atoms with E-state index in [2.05, 4.69) is 4.98 Å². The standard InChI is InChI=1S/C27H26N2O7S/c1-5-35-18-12-10-16(11-13-18)21-20(22(30)17-8-7-9-19(14-17)36-6-2)23(31)25(32)29(21)27-28-15(3)24(37-27)26(33)34-4/h7-14,21,30H,5-6H2,1-4H3. The molecule has 10 heteroatoms. The Morgan fingerprint density at radius 1 is 1.05 bits per heavy atom. The third kappa shape index (κ3) is 4.92. The van der Waals surface area contributed by atoms with E-state index in [9.17, 15) is 19.5 Å². The zero-order valence-corrected chi connectivity index (χ0v) is 21.6. The average Bonchev–Trinajstić information content (AvgIpc) is 3.40. The number of hydrogen-bond acceptors (Lipinski definition) is 9. The number of Topliss-reactive ketones (excluding diaryl/α,β-unsaturated/α-hetero) is 1. The fourth-order valence-corrected chi connectivity index (χ4v) is 5.09. The third-order valence-electron chi connectivity index (χ3n) is 5.73. The number of aryl methyl sites for hydroxylation is 1. The molecular formula is C27H26N2O7S. The smallest absolute Gasteiger partial charge is 0.350 e. The molecule has 37 heavy (non-hydrogen) atoms. The molecule has 2 aromatic carbocycles. The molecule has 1 saturated heterocycles. The number of esters is 1. The minimum Gasteiger partial charge on any atom is -0.507 e. The lowest BCUT2D eigenvalue weighted by Crippen LogP contribution is -2.29. The van der Waals surface area contributed by atoms with Gasteiger partial charge in [-0.1, -0.05) is 35.6 Å². The van der Waals surface area contributed by atoms with Crippen LogP contribution in [0.3, 0.4) is 0 Å². The molecule has 0 radical (unpaired) electrons. The van der Waals surface area contributed by atoms with Crippen molar-refractivity contribution >= 4 is 39.9 Å². The summed E-state index contributed by atoms with van der Waals surface area (Å²) in [5, 5.41) is 11.5. The number of anilines is 1. The first-order valence-electron chi connectivity index (χ1n) is 11.6. The predicted octanol–water partition coefficient (Wildman–Crippen LogP) is 4.66. The van der Waals surface area contributed by atoms with Crippen LogP contribution in [0, 0.1) is 6.92 Å². The van der Waals surface area contributed by atoms with Gasteiger partial charge in [0.05, 0.1) is 37.6 Å². The summed E-state index contributed by atoms with van der Waals surface area (Å²) in [5.41, 5.74) is 1.14. The van der Waals surface area contributed by atoms with Crippen LogP contribution < -0.4 is 14.4 Å². The van der Waals surface area contributed by atoms with Crippen LogP contribution in [0.2, 0.25) is 0 Å². The van der Waals surface area contributed by atoms with Gasteiger partial charge in [-0.05, 0) is 50.6 Å². The van der Waals surface area contributed by atoms with Crippen molar-refractivity contribution in [3.63, 3.8) is 0 Å². The van der Waals surface area contributed by atoms with Crippen LogP contribution in [0.25, 0.3) is 5.76 Å². The molecule has 3 aromatic rings. The zero-order valence-electron chi connectivity index (χ0n) is 20.8. The lowest BCUT2D eigenvalue weighted by Gasteiger charge is -2.23. The molecule has 1 atom stereocenters. The topological polar surface area (TPSA) is 115 Å². The molecular weight excluding hydrogens is 496 g/mol. The molecule has 1 N–H and O–H groups in total. The van der Waals surface area contributed by atoms with Gasteiger partial charge in [0.1, 0.15) is 22.1 Å². The first kappa shape index (κ1) is 25.9. The van der Waals surface area contributed by atoms with Crippen LogP contribution in [-0.2, 0) is 14.3 Å². The van der Waals surface area contributed by atoms with E-state index in [0.29, 0.717) is 41.5 Å². The number of rotatable bonds is 8. The number of aliphatic hydroxyl groups is 1. The number of amides is 1. The quantitative estimate of drug-likeness (QED) is 0.197. The van der Waals surface area contributed by atoms with Crippen molar-refractivity contribution in [1.29, 1.82) is 0 Å². The Kier molecular flexibility index (Phi) is 7.58. The molecule has 1 aromatic heterocycles. The van der Waals surface area contributed by atoms with E-state index in [1.165, 1.54) is 12.0 Å². The van der Waals surface area contributed by atoms with E-state index in [1.807, 2.05) is 13.8 Å². The Hall–Kier alpha value is -4.18. The minimum absolute atomic E-state index is 0.102. The third-order valence-corrected chi connectivity index (χ3v) is 6.87. The summed E-state index contributed by atoms with van der Waals surface area (Å²) in [6.07, 6.45) is 0. The molecule has 2 heterocycles. The van der Waals surface area contributed by atoms with Gasteiger partial charge in [0.15, 0.2) is 5.13 Å². The normalized spacial score (nSPS) is 16.6. The highest BCUT2D eigenvalue weighted by Gasteiger charge is 2.48. The number of aromatic nitrogens is 1. The fraction of sp³-hybridized carbons (Fsp3) is 0.259. The van der Waals surface area contributed by atoms with Crippen molar-refractivity contribution in [3.05, 3.63) is 75.8 Å². The largest absolute Gasteiger partial charge is 0.507 e. The van der Waals surface area contributed by atoms with Gasteiger partial charge in [-0.3, -0.25) is 14.5 Å². The number of aliphatic hydroxyl groups excluding tert-OH is 1. The van der Waals surface area contributed by atoms with Crippen molar-refractivity contribution in [3.8, 4) is 11.5 Å². The minimum atomic E-state index is -0.998. The maximum Gasteiger partial charge on any atom is 0.350 e. The lowest BCUT2D eigenvalue weighted by atomic mass is 9.95. The highest BCUT2D eigenvalue weighted by Crippen LogP contribution is 2.44. The summed E-state index contributed by atoms with van der Waals surface area (Å²) >= 11 is 0.942. The van der Waals surface area contributed by atoms with E-state index in [4.69, 9.17) is 14.2 Å². The van der Waals surface area contributed by atoms with Gasteiger partial charge in [-0.2, -0.15) is 0 Å². The molecule has 1 aliphatic heterocycles. The Morgan fingerprint density at radius 3 is 2.38 bits per heavy atom. The first-order valence-corrected chi connectivity index (χ1v) is 12.4. The number of nitrogens with zero attached hydrogens (tertiary/aromatic N) is 2. The molecule has 9 nitrogen and oxygen atoms in total. The zero-order chi connectivity index (χ0) is 26.7. The van der Waals surface area contributed by atoms with Crippen molar-refractivity contribution in [2.24, 2.45) is 0 Å². The second-order valence-electron chi connectivity index (χ2n) is 8.03. The van der Waals surface area contributed by atoms with Gasteiger partial charge < -0.3 is 19.3 Å². The van der Waals surface area contributed by atoms with E-state index >= 15 is 0 Å². The van der Waals surface area contributed by atoms with Gasteiger partial charge in [0.2, 0.25) is 0 Å². The summed E-state index contributed by atoms with van der Waals surface area (Å²) in [4.78, 5) is 44.8. The number of ether oxygens (including phenoxy) is 3. The van der Waals surface area contributed by atoms with Gasteiger partial charge in [-0.15, -0.1) is 0 Å². The fourth-order valence-electron chi connectivity index (χ4n) is 4.08. The Morgan fingerprint density at radius 2 is 1.73 bits per heavy atom. The number of thiazole rings is 1. The maximum absolute atomic E-state index is 13.4. The molecule has 1 amide bonds. The molecule has 1 fully saturated rings. The number of carbonyl (C=O) groups excluding carboxylic acids is 3. The molecule has 192 valence electrons. The van der Waals surface area contributed by atoms with E-state index in [0.717, 1.165) is 11.3 Å². The van der Waals surface area contributed by atoms with Crippen LogP contribution in [0.4, 0.5) is 5.13 Å². The van der Waals surface area contributed by atoms with Gasteiger partial charge in [-0.25, -0.2) is 9.78 Å². The Labute approximate surface area is 217 Å². The van der Waals surface area contributed by atoms with Gasteiger partial charge in [0.25, 0.3) is 5.78 Å². The molecule has 0 spiro atoms. The highest BCUT2D eigenvalue weighted by atomic mass is 32.1. The van der Waals surface area contributed by atoms with Crippen LogP contribution >= 0.6 is 11.3 Å². The predicted molar refractivity (Wildman–Crippen MR) is 138 cm³/mol. The van der Waals surface area contributed by atoms with E-state index < -0.39 is 23.7 Å². The highest BCUT2D eigenvalue weighted by molar-refractivity contribution is 7.17. The molecule has 1 unspecified atom stereocenters. The number of hydrogen-bond donors (Lipinski definition) is 1. The van der Waals surface area contributed by atoms with Crippen molar-refractivity contribution in [2.45, 2.75) is 26.8 Å². The van der Waals surface area contributed by atoms with Gasteiger partial charge >= 0.3 is 11.9 Å². The number of benzene rings is 2. The average molecular weight is 523 g/mol. The summed E-state index contributed by atoms with van der Waals surface area (Å²) in [5.74, 6) is -1.55. The molecule has 0 aliphatic carbocycles. The van der Waals surface area contributed by atoms with Crippen LogP contribution in [-0.4, -0.2) is 48.1 Å². The SMILES string of the molecule is CCOc1ccc(C2C(=C(O)c3cccc(OCC)c3)C(=O)C(=O)N2c2nc(C)c(C(=O)OC)s2)cc1. The number of methoxy groups -OCH3 is 1. The van der Waals surface area contributed by atoms with Crippen molar-refractivity contribution in [2.75, 3.05) is 25.2 Å². The summed E-state index contributed by atoms with van der Waals surface area (Å²) in [7, 11) is 1.25. The van der Waals surface area contributed by atoms with E-state index in [-0.39, 0.29) is 21.3 Å². The van der Waals surface area contributed by atoms with Crippen LogP contribution in [0.15, 0.2) is 54.1 Å². The van der Waals surface area contributed by atoms with Crippen LogP contribution in [0.1, 0.15) is 46.4 Å². The molecule has 0 bridgehead atoms. The second kappa shape index (κ2) is 10.8. The van der Waals surface area contributed by atoms with Gasteiger partial charge in [0, 0.05) is 5.56 Å². The summed E-state index contributed by atoms with van der Waals surface area (Å²) < 4.78 is 15.9. The van der Waals surface area contributed by atoms with E-state index in [1.54, 1.807) is 55.5 Å². The number of ketones is 1. The van der Waals surface area contributed by atoms with Crippen LogP contribution in [0.5, 0.6) is 11.5 Å². The molecule has 0 saturated carbocycles. The van der Waals surface area contributed by atoms with Crippen molar-refractivity contribution < 1.29 is 33.7 Å². The Bertz CT molecular complexity index is 1380. The second-order valence-corrected chi connectivity index (χ2v) is 9.01. The lowest BCUT2D eigenvalue weighted by molar-refractivity contribution is -0.132. The summed E-state index contributed by atoms with van der Waals surface area (Å²) in [6, 6.07) is 12.5. The maximum atomic E-state index is 13.4. The molecule has 1 aliphatic rings. The summed E-state index contributed by atoms with van der Waals surface area (Å²) in [6.45, 7) is 6.22. The first-order chi connectivity index (χ1) is 17.8. The Balaban J connectivity index is 1.90.